The molecule has 2 N–H and O–H groups in total. The van der Waals surface area contributed by atoms with Crippen LogP contribution in [0.4, 0.5) is 4.39 Å². The molecule has 2 aromatic carbocycles. The Morgan fingerprint density at radius 1 is 1.04 bits per heavy atom. The fourth-order valence-electron chi connectivity index (χ4n) is 2.65. The molecule has 0 aliphatic carbocycles. The summed E-state index contributed by atoms with van der Waals surface area (Å²) in [6.07, 6.45) is 3.76. The molecule has 1 heterocycles. The van der Waals surface area contributed by atoms with Gasteiger partial charge in [-0.1, -0.05) is 42.5 Å². The highest BCUT2D eigenvalue weighted by Gasteiger charge is 2.05. The standard InChI is InChI=1S/C20H22FN5.HI/c1-22-20(24-13-17-8-5-9-18(21)12-17)25-14-19-23-10-11-26(19)15-16-6-3-2-4-7-16;/h2-12H,13-15H2,1H3,(H2,22,24,25);1H. The molecule has 27 heavy (non-hydrogen) atoms. The average molecular weight is 479 g/mol. The Labute approximate surface area is 175 Å². The molecule has 0 radical (unpaired) electrons. The second-order valence-corrected chi connectivity index (χ2v) is 5.87. The van der Waals surface area contributed by atoms with Crippen molar-refractivity contribution < 1.29 is 4.39 Å². The van der Waals surface area contributed by atoms with Gasteiger partial charge in [0.1, 0.15) is 11.6 Å². The van der Waals surface area contributed by atoms with Crippen molar-refractivity contribution in [3.8, 4) is 0 Å². The molecule has 0 saturated heterocycles. The fraction of sp³-hybridized carbons (Fsp3) is 0.200. The van der Waals surface area contributed by atoms with E-state index in [1.54, 1.807) is 19.3 Å². The summed E-state index contributed by atoms with van der Waals surface area (Å²) in [6.45, 7) is 1.81. The van der Waals surface area contributed by atoms with Crippen LogP contribution >= 0.6 is 24.0 Å². The molecule has 3 rings (SSSR count). The first-order valence-corrected chi connectivity index (χ1v) is 8.47. The van der Waals surface area contributed by atoms with Crippen molar-refractivity contribution in [2.45, 2.75) is 19.6 Å². The molecule has 0 unspecified atom stereocenters. The van der Waals surface area contributed by atoms with Gasteiger partial charge in [-0.15, -0.1) is 24.0 Å². The van der Waals surface area contributed by atoms with E-state index in [1.807, 2.05) is 30.5 Å². The minimum absolute atomic E-state index is 0. The third kappa shape index (κ3) is 6.35. The van der Waals surface area contributed by atoms with Crippen molar-refractivity contribution in [1.29, 1.82) is 0 Å². The van der Waals surface area contributed by atoms with Crippen LogP contribution in [0.15, 0.2) is 72.0 Å². The van der Waals surface area contributed by atoms with Gasteiger partial charge in [0, 0.05) is 32.5 Å². The molecule has 7 heteroatoms. The number of aliphatic imine (C=N–C) groups is 1. The zero-order valence-electron chi connectivity index (χ0n) is 15.1. The monoisotopic (exact) mass is 479 g/mol. The van der Waals surface area contributed by atoms with E-state index < -0.39 is 0 Å². The minimum atomic E-state index is -0.241. The molecule has 0 bridgehead atoms. The summed E-state index contributed by atoms with van der Waals surface area (Å²) in [6, 6.07) is 16.8. The number of hydrogen-bond donors (Lipinski definition) is 2. The summed E-state index contributed by atoms with van der Waals surface area (Å²) in [4.78, 5) is 8.62. The van der Waals surface area contributed by atoms with E-state index in [0.29, 0.717) is 19.0 Å². The molecule has 0 amide bonds. The van der Waals surface area contributed by atoms with E-state index in [-0.39, 0.29) is 29.8 Å². The zero-order chi connectivity index (χ0) is 18.2. The van der Waals surface area contributed by atoms with Gasteiger partial charge >= 0.3 is 0 Å². The van der Waals surface area contributed by atoms with E-state index in [9.17, 15) is 4.39 Å². The van der Waals surface area contributed by atoms with Crippen LogP contribution in [-0.2, 0) is 19.6 Å². The van der Waals surface area contributed by atoms with Gasteiger partial charge < -0.3 is 15.2 Å². The highest BCUT2D eigenvalue weighted by atomic mass is 127. The fourth-order valence-corrected chi connectivity index (χ4v) is 2.65. The SMILES string of the molecule is CN=C(NCc1cccc(F)c1)NCc1nccn1Cc1ccccc1.I. The van der Waals surface area contributed by atoms with E-state index >= 15 is 0 Å². The molecule has 3 aromatic rings. The Bertz CT molecular complexity index is 864. The van der Waals surface area contributed by atoms with Gasteiger partial charge in [-0.3, -0.25) is 4.99 Å². The lowest BCUT2D eigenvalue weighted by Crippen LogP contribution is -2.37. The number of benzene rings is 2. The number of hydrogen-bond acceptors (Lipinski definition) is 2. The molecule has 0 saturated carbocycles. The summed E-state index contributed by atoms with van der Waals surface area (Å²) in [7, 11) is 1.71. The first-order valence-electron chi connectivity index (χ1n) is 8.47. The van der Waals surface area contributed by atoms with Gasteiger partial charge in [-0.05, 0) is 23.3 Å². The quantitative estimate of drug-likeness (QED) is 0.323. The molecule has 1 aromatic heterocycles. The number of guanidine groups is 1. The summed E-state index contributed by atoms with van der Waals surface area (Å²) >= 11 is 0. The molecule has 142 valence electrons. The topological polar surface area (TPSA) is 54.2 Å². The number of imidazole rings is 1. The van der Waals surface area contributed by atoms with Crippen LogP contribution in [0.2, 0.25) is 0 Å². The Balaban J connectivity index is 0.00000261. The highest BCUT2D eigenvalue weighted by Crippen LogP contribution is 2.06. The Kier molecular flexibility index (Phi) is 8.25. The summed E-state index contributed by atoms with van der Waals surface area (Å²) in [5.41, 5.74) is 2.08. The van der Waals surface area contributed by atoms with E-state index in [2.05, 4.69) is 37.3 Å². The van der Waals surface area contributed by atoms with Crippen molar-refractivity contribution in [2.75, 3.05) is 7.05 Å². The van der Waals surface area contributed by atoms with Gasteiger partial charge in [0.15, 0.2) is 5.96 Å². The third-order valence-corrected chi connectivity index (χ3v) is 3.98. The molecule has 0 atom stereocenters. The van der Waals surface area contributed by atoms with Crippen molar-refractivity contribution in [3.05, 3.63) is 89.8 Å². The predicted octanol–water partition coefficient (Wildman–Crippen LogP) is 3.55. The van der Waals surface area contributed by atoms with E-state index in [4.69, 9.17) is 0 Å². The molecular weight excluding hydrogens is 456 g/mol. The number of aromatic nitrogens is 2. The summed E-state index contributed by atoms with van der Waals surface area (Å²) in [5, 5.41) is 6.42. The normalized spacial score (nSPS) is 11.0. The summed E-state index contributed by atoms with van der Waals surface area (Å²) < 4.78 is 15.3. The van der Waals surface area contributed by atoms with Gasteiger partial charge in [-0.2, -0.15) is 0 Å². The van der Waals surface area contributed by atoms with Crippen molar-refractivity contribution in [3.63, 3.8) is 0 Å². The maximum absolute atomic E-state index is 13.2. The lowest BCUT2D eigenvalue weighted by molar-refractivity contribution is 0.624. The lowest BCUT2D eigenvalue weighted by Gasteiger charge is -2.13. The smallest absolute Gasteiger partial charge is 0.191 e. The van der Waals surface area contributed by atoms with E-state index in [0.717, 1.165) is 17.9 Å². The van der Waals surface area contributed by atoms with E-state index in [1.165, 1.54) is 17.7 Å². The minimum Gasteiger partial charge on any atom is -0.352 e. The number of nitrogens with one attached hydrogen (secondary N) is 2. The Morgan fingerprint density at radius 3 is 2.52 bits per heavy atom. The van der Waals surface area contributed by atoms with Gasteiger partial charge in [0.05, 0.1) is 6.54 Å². The van der Waals surface area contributed by atoms with Crippen LogP contribution in [-0.4, -0.2) is 22.6 Å². The lowest BCUT2D eigenvalue weighted by atomic mass is 10.2. The van der Waals surface area contributed by atoms with Crippen LogP contribution in [0.1, 0.15) is 17.0 Å². The van der Waals surface area contributed by atoms with Crippen molar-refractivity contribution >= 4 is 29.9 Å². The third-order valence-electron chi connectivity index (χ3n) is 3.98. The summed E-state index contributed by atoms with van der Waals surface area (Å²) in [5.74, 6) is 1.32. The van der Waals surface area contributed by atoms with Crippen molar-refractivity contribution in [1.82, 2.24) is 20.2 Å². The van der Waals surface area contributed by atoms with Gasteiger partial charge in [0.25, 0.3) is 0 Å². The van der Waals surface area contributed by atoms with Gasteiger partial charge in [0.2, 0.25) is 0 Å². The maximum Gasteiger partial charge on any atom is 0.191 e. The molecule has 0 aliphatic heterocycles. The van der Waals surface area contributed by atoms with Crippen LogP contribution < -0.4 is 10.6 Å². The van der Waals surface area contributed by atoms with Gasteiger partial charge in [-0.25, -0.2) is 9.37 Å². The predicted molar refractivity (Wildman–Crippen MR) is 117 cm³/mol. The molecule has 0 aliphatic rings. The largest absolute Gasteiger partial charge is 0.352 e. The zero-order valence-corrected chi connectivity index (χ0v) is 17.4. The van der Waals surface area contributed by atoms with Crippen LogP contribution in [0.5, 0.6) is 0 Å². The second-order valence-electron chi connectivity index (χ2n) is 5.87. The molecule has 5 nitrogen and oxygen atoms in total. The molecule has 0 spiro atoms. The van der Waals surface area contributed by atoms with Crippen LogP contribution in [0.3, 0.4) is 0 Å². The van der Waals surface area contributed by atoms with Crippen LogP contribution in [0, 0.1) is 5.82 Å². The second kappa shape index (κ2) is 10.7. The Morgan fingerprint density at radius 2 is 1.78 bits per heavy atom. The Hall–Kier alpha value is -2.42. The molecular formula is C20H23FIN5. The number of nitrogens with zero attached hydrogens (tertiary/aromatic N) is 3. The molecule has 0 fully saturated rings. The number of halogens is 2. The van der Waals surface area contributed by atoms with Crippen LogP contribution in [0.25, 0.3) is 0 Å². The maximum atomic E-state index is 13.2. The van der Waals surface area contributed by atoms with Crippen molar-refractivity contribution in [2.24, 2.45) is 4.99 Å². The first kappa shape index (κ1) is 20.9. The number of rotatable bonds is 6. The highest BCUT2D eigenvalue weighted by molar-refractivity contribution is 14.0. The first-order chi connectivity index (χ1) is 12.7. The average Bonchev–Trinajstić information content (AvgIpc) is 3.10.